The van der Waals surface area contributed by atoms with Crippen molar-refractivity contribution in [2.45, 2.75) is 96.9 Å². The maximum absolute atomic E-state index is 14.7. The lowest BCUT2D eigenvalue weighted by Gasteiger charge is -2.35. The molecule has 11 nitrogen and oxygen atoms in total. The van der Waals surface area contributed by atoms with Crippen LogP contribution in [0.1, 0.15) is 77.1 Å². The van der Waals surface area contributed by atoms with Crippen molar-refractivity contribution in [3.05, 3.63) is 88.4 Å². The quantitative estimate of drug-likeness (QED) is 0.249. The summed E-state index contributed by atoms with van der Waals surface area (Å²) in [5.41, 5.74) is 3.79. The molecule has 0 aliphatic carbocycles. The average Bonchev–Trinajstić information content (AvgIpc) is 3.60. The molecule has 0 saturated carbocycles. The highest BCUT2D eigenvalue weighted by molar-refractivity contribution is 7.07. The number of likely N-dealkylation sites (N-methyl/N-ethyl adjacent to an activating group) is 1. The van der Waals surface area contributed by atoms with Crippen LogP contribution in [0.4, 0.5) is 0 Å². The van der Waals surface area contributed by atoms with Gasteiger partial charge in [0.05, 0.1) is 11.2 Å². The van der Waals surface area contributed by atoms with Gasteiger partial charge in [-0.15, -0.1) is 11.3 Å². The number of rotatable bonds is 10. The molecule has 274 valence electrons. The van der Waals surface area contributed by atoms with Gasteiger partial charge in [0.1, 0.15) is 30.2 Å². The number of aromatic nitrogens is 1. The van der Waals surface area contributed by atoms with E-state index in [-0.39, 0.29) is 30.6 Å². The van der Waals surface area contributed by atoms with Crippen molar-refractivity contribution < 1.29 is 24.0 Å². The van der Waals surface area contributed by atoms with Gasteiger partial charge in [-0.3, -0.25) is 24.0 Å². The van der Waals surface area contributed by atoms with Crippen LogP contribution in [-0.2, 0) is 30.4 Å². The van der Waals surface area contributed by atoms with Crippen LogP contribution < -0.4 is 21.3 Å². The van der Waals surface area contributed by atoms with Crippen molar-refractivity contribution in [2.24, 2.45) is 17.8 Å². The fourth-order valence-corrected chi connectivity index (χ4v) is 7.28. The molecule has 5 atom stereocenters. The van der Waals surface area contributed by atoms with Crippen molar-refractivity contribution in [2.75, 3.05) is 7.05 Å². The lowest BCUT2D eigenvalue weighted by Crippen LogP contribution is -2.59. The number of nitrogens with zero attached hydrogens (tertiary/aromatic N) is 2. The van der Waals surface area contributed by atoms with Gasteiger partial charge in [-0.2, -0.15) is 0 Å². The molecular weight excluding hydrogens is 665 g/mol. The minimum absolute atomic E-state index is 0.00560. The van der Waals surface area contributed by atoms with E-state index < -0.39 is 65.7 Å². The number of hydrogen-bond acceptors (Lipinski definition) is 7. The van der Waals surface area contributed by atoms with Gasteiger partial charge >= 0.3 is 0 Å². The predicted molar refractivity (Wildman–Crippen MR) is 199 cm³/mol. The number of benzene rings is 2. The molecule has 0 spiro atoms. The molecule has 0 radical (unpaired) electrons. The molecule has 0 unspecified atom stereocenters. The molecule has 1 aromatic heterocycles. The van der Waals surface area contributed by atoms with Crippen molar-refractivity contribution in [3.8, 4) is 0 Å². The Morgan fingerprint density at radius 1 is 0.667 bits per heavy atom. The van der Waals surface area contributed by atoms with Crippen LogP contribution in [0.3, 0.4) is 0 Å². The lowest BCUT2D eigenvalue weighted by molar-refractivity contribution is -0.144. The van der Waals surface area contributed by atoms with Crippen LogP contribution in [0.25, 0.3) is 0 Å². The second-order valence-electron chi connectivity index (χ2n) is 14.5. The Morgan fingerprint density at radius 2 is 1.18 bits per heavy atom. The number of amides is 5. The first-order chi connectivity index (χ1) is 24.3. The van der Waals surface area contributed by atoms with Gasteiger partial charge in [-0.1, -0.05) is 102 Å². The fourth-order valence-electron chi connectivity index (χ4n) is 6.70. The van der Waals surface area contributed by atoms with Gasteiger partial charge in [-0.05, 0) is 41.7 Å². The van der Waals surface area contributed by atoms with Crippen LogP contribution >= 0.6 is 11.3 Å². The predicted octanol–water partition coefficient (Wildman–Crippen LogP) is 4.05. The highest BCUT2D eigenvalue weighted by Gasteiger charge is 2.40. The Hall–Kier alpha value is -4.58. The Kier molecular flexibility index (Phi) is 13.9. The molecule has 4 rings (SSSR count). The third-order valence-electron chi connectivity index (χ3n) is 9.09. The molecule has 5 amide bonds. The number of hydrogen-bond donors (Lipinski definition) is 4. The summed E-state index contributed by atoms with van der Waals surface area (Å²) >= 11 is 1.37. The summed E-state index contributed by atoms with van der Waals surface area (Å²) in [5, 5.41) is 13.6. The zero-order valence-electron chi connectivity index (χ0n) is 30.6. The molecule has 1 aliphatic rings. The monoisotopic (exact) mass is 716 g/mol. The van der Waals surface area contributed by atoms with Gasteiger partial charge in [0, 0.05) is 24.8 Å². The number of carbonyl (C=O) groups is 5. The van der Waals surface area contributed by atoms with E-state index in [0.717, 1.165) is 11.1 Å². The minimum atomic E-state index is -1.19. The maximum atomic E-state index is 14.7. The van der Waals surface area contributed by atoms with Crippen LogP contribution in [0.15, 0.2) is 71.6 Å². The van der Waals surface area contributed by atoms with E-state index in [9.17, 15) is 24.0 Å². The van der Waals surface area contributed by atoms with Gasteiger partial charge in [0.2, 0.25) is 29.5 Å². The summed E-state index contributed by atoms with van der Waals surface area (Å²) in [6.45, 7) is 11.5. The first-order valence-corrected chi connectivity index (χ1v) is 18.7. The van der Waals surface area contributed by atoms with Gasteiger partial charge in [0.25, 0.3) is 0 Å². The molecule has 2 heterocycles. The van der Waals surface area contributed by atoms with E-state index in [1.807, 2.05) is 102 Å². The second-order valence-corrected chi connectivity index (χ2v) is 15.3. The minimum Gasteiger partial charge on any atom is -0.342 e. The summed E-state index contributed by atoms with van der Waals surface area (Å²) in [7, 11) is 1.55. The number of thiazole rings is 1. The van der Waals surface area contributed by atoms with E-state index in [0.29, 0.717) is 12.1 Å². The standard InChI is InChI=1S/C39H52N6O5S/c1-23(2)18-29-36(47)44-33(32(26-14-10-8-11-15-26)27-16-12-9-13-17-27)37(48)41-30(20-28-21-51-22-40-28)35(46)43-31(19-24(3)4)39(50)45(7)34(25(5)6)38(49)42-29/h8-17,21-25,29-34H,18-20H2,1-7H3,(H,41,48)(H,42,49)(H,43,46)(H,44,47)/t29-,30-,31-,33-,34-/m0/s1. The fraction of sp³-hybridized carbons (Fsp3) is 0.487. The molecule has 4 N–H and O–H groups in total. The van der Waals surface area contributed by atoms with E-state index in [4.69, 9.17) is 0 Å². The van der Waals surface area contributed by atoms with Crippen LogP contribution in [0, 0.1) is 17.8 Å². The highest BCUT2D eigenvalue weighted by Crippen LogP contribution is 2.29. The smallest absolute Gasteiger partial charge is 0.245 e. The first-order valence-electron chi connectivity index (χ1n) is 17.7. The molecule has 0 bridgehead atoms. The molecule has 1 aliphatic heterocycles. The van der Waals surface area contributed by atoms with Gasteiger partial charge < -0.3 is 26.2 Å². The Labute approximate surface area is 305 Å². The van der Waals surface area contributed by atoms with Gasteiger partial charge in [-0.25, -0.2) is 4.98 Å². The van der Waals surface area contributed by atoms with E-state index in [1.165, 1.54) is 16.2 Å². The summed E-state index contributed by atoms with van der Waals surface area (Å²) in [4.78, 5) is 77.2. The maximum Gasteiger partial charge on any atom is 0.245 e. The molecule has 1 fully saturated rings. The second kappa shape index (κ2) is 18.1. The van der Waals surface area contributed by atoms with Gasteiger partial charge in [0.15, 0.2) is 0 Å². The highest BCUT2D eigenvalue weighted by atomic mass is 32.1. The van der Waals surface area contributed by atoms with E-state index in [2.05, 4.69) is 26.3 Å². The van der Waals surface area contributed by atoms with Crippen molar-refractivity contribution in [3.63, 3.8) is 0 Å². The lowest BCUT2D eigenvalue weighted by atomic mass is 9.84. The molecule has 3 aromatic rings. The summed E-state index contributed by atoms with van der Waals surface area (Å²) in [6, 6.07) is 13.6. The first kappa shape index (κ1) is 39.2. The third-order valence-corrected chi connectivity index (χ3v) is 9.72. The Balaban J connectivity index is 1.90. The third kappa shape index (κ3) is 10.5. The van der Waals surface area contributed by atoms with Crippen LogP contribution in [0.2, 0.25) is 0 Å². The largest absolute Gasteiger partial charge is 0.342 e. The Bertz CT molecular complexity index is 1580. The molecule has 1 saturated heterocycles. The zero-order chi connectivity index (χ0) is 37.2. The summed E-state index contributed by atoms with van der Waals surface area (Å²) in [6.07, 6.45) is 0.659. The van der Waals surface area contributed by atoms with E-state index >= 15 is 0 Å². The SMILES string of the molecule is CC(C)C[C@@H]1NC(=O)[C@H](C(C)C)N(C)C(=O)[C@H](CC(C)C)NC(=O)[C@H](Cc2cscn2)NC(=O)[C@H](C(c2ccccc2)c2ccccc2)NC1=O. The van der Waals surface area contributed by atoms with Crippen molar-refractivity contribution in [1.29, 1.82) is 0 Å². The number of nitrogens with one attached hydrogen (secondary N) is 4. The topological polar surface area (TPSA) is 150 Å². The summed E-state index contributed by atoms with van der Waals surface area (Å²) < 4.78 is 0. The average molecular weight is 717 g/mol. The zero-order valence-corrected chi connectivity index (χ0v) is 31.4. The molecular formula is C39H52N6O5S. The normalized spacial score (nSPS) is 22.8. The Morgan fingerprint density at radius 3 is 1.69 bits per heavy atom. The van der Waals surface area contributed by atoms with Crippen LogP contribution in [0.5, 0.6) is 0 Å². The molecule has 2 aromatic carbocycles. The number of carbonyl (C=O) groups excluding carboxylic acids is 5. The van der Waals surface area contributed by atoms with Crippen molar-refractivity contribution in [1.82, 2.24) is 31.2 Å². The molecule has 12 heteroatoms. The summed E-state index contributed by atoms with van der Waals surface area (Å²) in [5.74, 6) is -3.58. The van der Waals surface area contributed by atoms with Crippen LogP contribution in [-0.4, -0.2) is 76.7 Å². The van der Waals surface area contributed by atoms with E-state index in [1.54, 1.807) is 17.9 Å². The molecule has 51 heavy (non-hydrogen) atoms. The van der Waals surface area contributed by atoms with Crippen molar-refractivity contribution >= 4 is 40.9 Å².